The number of nitrogens with one attached hydrogen (secondary N) is 1. The number of guanidine groups is 1. The Kier molecular flexibility index (Phi) is 6.86. The van der Waals surface area contributed by atoms with Crippen LogP contribution in [0.15, 0.2) is 4.99 Å². The second kappa shape index (κ2) is 7.34. The first kappa shape index (κ1) is 14.0. The van der Waals surface area contributed by atoms with E-state index in [1.807, 2.05) is 6.92 Å². The summed E-state index contributed by atoms with van der Waals surface area (Å²) in [4.78, 5) is 15.1. The number of nitrogens with zero attached hydrogens (tertiary/aromatic N) is 1. The maximum absolute atomic E-state index is 11.0. The van der Waals surface area contributed by atoms with Gasteiger partial charge < -0.3 is 15.8 Å². The van der Waals surface area contributed by atoms with E-state index in [-0.39, 0.29) is 18.4 Å². The smallest absolute Gasteiger partial charge is 0.305 e. The van der Waals surface area contributed by atoms with E-state index in [9.17, 15) is 4.79 Å². The number of hydrogen-bond acceptors (Lipinski definition) is 5. The quantitative estimate of drug-likeness (QED) is 0.687. The Hall–Kier alpha value is -0.970. The highest BCUT2D eigenvalue weighted by molar-refractivity contribution is 5.85. The van der Waals surface area contributed by atoms with Crippen LogP contribution >= 0.6 is 12.4 Å². The van der Waals surface area contributed by atoms with Crippen LogP contribution in [0.2, 0.25) is 0 Å². The molecule has 3 N–H and O–H groups in total. The summed E-state index contributed by atoms with van der Waals surface area (Å²) in [6.45, 7) is 3.77. The number of aliphatic imine (C=N–C) groups is 1. The van der Waals surface area contributed by atoms with Crippen LogP contribution in [0.4, 0.5) is 0 Å². The summed E-state index contributed by atoms with van der Waals surface area (Å²) >= 11 is 0. The Labute approximate surface area is 95.9 Å². The summed E-state index contributed by atoms with van der Waals surface area (Å²) in [7, 11) is 0. The maximum Gasteiger partial charge on any atom is 0.305 e. The van der Waals surface area contributed by atoms with E-state index in [0.717, 1.165) is 13.0 Å². The first-order chi connectivity index (χ1) is 6.72. The molecule has 0 aromatic carbocycles. The van der Waals surface area contributed by atoms with Gasteiger partial charge in [0, 0.05) is 19.5 Å². The van der Waals surface area contributed by atoms with E-state index >= 15 is 0 Å². The molecule has 0 spiro atoms. The monoisotopic (exact) mass is 235 g/mol. The van der Waals surface area contributed by atoms with Crippen LogP contribution in [0.1, 0.15) is 19.8 Å². The largest absolute Gasteiger partial charge is 0.466 e. The zero-order chi connectivity index (χ0) is 10.4. The fraction of sp³-hybridized carbons (Fsp3) is 0.778. The molecule has 0 amide bonds. The van der Waals surface area contributed by atoms with Crippen LogP contribution < -0.4 is 11.1 Å². The van der Waals surface area contributed by atoms with Crippen molar-refractivity contribution in [2.45, 2.75) is 19.8 Å². The lowest BCUT2D eigenvalue weighted by Crippen LogP contribution is -2.40. The lowest BCUT2D eigenvalue weighted by Gasteiger charge is -2.20. The van der Waals surface area contributed by atoms with Gasteiger partial charge in [0.1, 0.15) is 0 Å². The number of carbonyl (C=O) groups excluding carboxylic acids is 1. The number of ether oxygens (including phenoxy) is 1. The molecule has 1 rings (SSSR count). The van der Waals surface area contributed by atoms with Crippen molar-refractivity contribution in [2.75, 3.05) is 19.7 Å². The van der Waals surface area contributed by atoms with Gasteiger partial charge in [-0.3, -0.25) is 9.79 Å². The Morgan fingerprint density at radius 1 is 1.73 bits per heavy atom. The SMILES string of the molecule is CCOC(=O)CCC1CN=C(N)NC1.Cl. The van der Waals surface area contributed by atoms with Crippen molar-refractivity contribution in [3.05, 3.63) is 0 Å². The highest BCUT2D eigenvalue weighted by Crippen LogP contribution is 2.09. The molecule has 1 aliphatic heterocycles. The molecule has 0 aromatic heterocycles. The predicted octanol–water partition coefficient (Wildman–Crippen LogP) is 0.286. The standard InChI is InChI=1S/C9H17N3O2.ClH/c1-2-14-8(13)4-3-7-5-11-9(10)12-6-7;/h7H,2-6H2,1H3,(H3,10,11,12);1H. The molecule has 0 fully saturated rings. The molecule has 1 heterocycles. The normalized spacial score (nSPS) is 19.5. The molecule has 1 unspecified atom stereocenters. The Balaban J connectivity index is 0.00000196. The number of rotatable bonds is 4. The molecule has 88 valence electrons. The van der Waals surface area contributed by atoms with Gasteiger partial charge in [-0.05, 0) is 19.3 Å². The third-order valence-electron chi connectivity index (χ3n) is 2.15. The van der Waals surface area contributed by atoms with Crippen LogP contribution in [-0.2, 0) is 9.53 Å². The van der Waals surface area contributed by atoms with E-state index in [4.69, 9.17) is 10.5 Å². The average molecular weight is 236 g/mol. The van der Waals surface area contributed by atoms with Gasteiger partial charge in [-0.25, -0.2) is 0 Å². The Morgan fingerprint density at radius 2 is 2.47 bits per heavy atom. The molecule has 0 saturated heterocycles. The molecule has 0 bridgehead atoms. The van der Waals surface area contributed by atoms with Gasteiger partial charge in [0.2, 0.25) is 0 Å². The van der Waals surface area contributed by atoms with E-state index in [2.05, 4.69) is 10.3 Å². The lowest BCUT2D eigenvalue weighted by molar-refractivity contribution is -0.143. The van der Waals surface area contributed by atoms with E-state index in [0.29, 0.717) is 31.4 Å². The number of carbonyl (C=O) groups is 1. The van der Waals surface area contributed by atoms with Crippen molar-refractivity contribution in [1.82, 2.24) is 5.32 Å². The summed E-state index contributed by atoms with van der Waals surface area (Å²) < 4.78 is 4.83. The van der Waals surface area contributed by atoms with Crippen molar-refractivity contribution in [1.29, 1.82) is 0 Å². The molecule has 0 aromatic rings. The zero-order valence-electron chi connectivity index (χ0n) is 8.86. The minimum Gasteiger partial charge on any atom is -0.466 e. The fourth-order valence-electron chi connectivity index (χ4n) is 1.35. The van der Waals surface area contributed by atoms with Gasteiger partial charge in [-0.15, -0.1) is 12.4 Å². The molecule has 15 heavy (non-hydrogen) atoms. The van der Waals surface area contributed by atoms with Gasteiger partial charge in [0.25, 0.3) is 0 Å². The third-order valence-corrected chi connectivity index (χ3v) is 2.15. The zero-order valence-corrected chi connectivity index (χ0v) is 9.68. The highest BCUT2D eigenvalue weighted by Gasteiger charge is 2.15. The number of esters is 1. The highest BCUT2D eigenvalue weighted by atomic mass is 35.5. The first-order valence-corrected chi connectivity index (χ1v) is 4.91. The molecule has 0 radical (unpaired) electrons. The van der Waals surface area contributed by atoms with Crippen molar-refractivity contribution in [3.8, 4) is 0 Å². The van der Waals surface area contributed by atoms with E-state index < -0.39 is 0 Å². The molecule has 6 heteroatoms. The molecular formula is C9H18ClN3O2. The van der Waals surface area contributed by atoms with Crippen LogP contribution in [0.5, 0.6) is 0 Å². The third kappa shape index (κ3) is 5.47. The second-order valence-electron chi connectivity index (χ2n) is 3.32. The van der Waals surface area contributed by atoms with Gasteiger partial charge in [0.05, 0.1) is 6.61 Å². The van der Waals surface area contributed by atoms with Gasteiger partial charge in [0.15, 0.2) is 5.96 Å². The van der Waals surface area contributed by atoms with Crippen LogP contribution in [0.25, 0.3) is 0 Å². The molecule has 1 atom stereocenters. The predicted molar refractivity (Wildman–Crippen MR) is 61.1 cm³/mol. The molecule has 0 aliphatic carbocycles. The van der Waals surface area contributed by atoms with Crippen LogP contribution in [0, 0.1) is 5.92 Å². The van der Waals surface area contributed by atoms with Crippen LogP contribution in [0.3, 0.4) is 0 Å². The molecule has 5 nitrogen and oxygen atoms in total. The van der Waals surface area contributed by atoms with Crippen LogP contribution in [-0.4, -0.2) is 31.6 Å². The summed E-state index contributed by atoms with van der Waals surface area (Å²) in [5.74, 6) is 0.763. The van der Waals surface area contributed by atoms with E-state index in [1.54, 1.807) is 0 Å². The fourth-order valence-corrected chi connectivity index (χ4v) is 1.35. The summed E-state index contributed by atoms with van der Waals surface area (Å²) in [6.07, 6.45) is 1.28. The van der Waals surface area contributed by atoms with Gasteiger partial charge in [-0.2, -0.15) is 0 Å². The molecule has 0 saturated carbocycles. The maximum atomic E-state index is 11.0. The Morgan fingerprint density at radius 3 is 3.00 bits per heavy atom. The minimum atomic E-state index is -0.130. The Bertz CT molecular complexity index is 233. The lowest BCUT2D eigenvalue weighted by atomic mass is 10.0. The summed E-state index contributed by atoms with van der Waals surface area (Å²) in [6, 6.07) is 0. The first-order valence-electron chi connectivity index (χ1n) is 4.91. The van der Waals surface area contributed by atoms with Crippen molar-refractivity contribution in [2.24, 2.45) is 16.6 Å². The molecular weight excluding hydrogens is 218 g/mol. The van der Waals surface area contributed by atoms with Crippen molar-refractivity contribution >= 4 is 24.3 Å². The van der Waals surface area contributed by atoms with E-state index in [1.165, 1.54) is 0 Å². The number of nitrogens with two attached hydrogens (primary N) is 1. The number of hydrogen-bond donors (Lipinski definition) is 2. The minimum absolute atomic E-state index is 0. The van der Waals surface area contributed by atoms with Gasteiger partial charge >= 0.3 is 5.97 Å². The number of halogens is 1. The van der Waals surface area contributed by atoms with Gasteiger partial charge in [-0.1, -0.05) is 0 Å². The summed E-state index contributed by atoms with van der Waals surface area (Å²) in [5.41, 5.74) is 5.45. The topological polar surface area (TPSA) is 76.7 Å². The second-order valence-corrected chi connectivity index (χ2v) is 3.32. The average Bonchev–Trinajstić information content (AvgIpc) is 2.17. The summed E-state index contributed by atoms with van der Waals surface area (Å²) in [5, 5.41) is 2.96. The molecule has 1 aliphatic rings. The van der Waals surface area contributed by atoms with Crippen molar-refractivity contribution < 1.29 is 9.53 Å². The van der Waals surface area contributed by atoms with Crippen molar-refractivity contribution in [3.63, 3.8) is 0 Å².